The third-order valence-electron chi connectivity index (χ3n) is 3.42. The quantitative estimate of drug-likeness (QED) is 0.339. The molecule has 0 radical (unpaired) electrons. The van der Waals surface area contributed by atoms with Gasteiger partial charge in [0.05, 0.1) is 11.0 Å². The lowest BCUT2D eigenvalue weighted by Crippen LogP contribution is -2.13. The molecule has 0 N–H and O–H groups in total. The summed E-state index contributed by atoms with van der Waals surface area (Å²) in [5, 5.41) is 0.225. The average molecular weight is 321 g/mol. The third kappa shape index (κ3) is 6.91. The minimum Gasteiger partial charge on any atom is -0.293 e. The molecule has 0 heterocycles. The van der Waals surface area contributed by atoms with Crippen molar-refractivity contribution in [3.63, 3.8) is 0 Å². The first-order valence-corrected chi connectivity index (χ1v) is 8.08. The van der Waals surface area contributed by atoms with Crippen LogP contribution in [0.15, 0.2) is 35.9 Å². The largest absolute Gasteiger partial charge is 0.293 e. The van der Waals surface area contributed by atoms with Crippen molar-refractivity contribution in [2.45, 2.75) is 45.4 Å². The standard InChI is InChI=1S/C19H22ClFO/c1-3-4-5-6-7-8-16(10-9-15(2)20)19(22)17-11-13-18(21)14-12-17/h11-14,16H,2-8H2,1H3. The van der Waals surface area contributed by atoms with Crippen molar-refractivity contribution in [2.75, 3.05) is 0 Å². The molecule has 0 fully saturated rings. The lowest BCUT2D eigenvalue weighted by atomic mass is 9.92. The van der Waals surface area contributed by atoms with Crippen LogP contribution in [0, 0.1) is 23.6 Å². The van der Waals surface area contributed by atoms with Gasteiger partial charge in [0, 0.05) is 5.56 Å². The number of allylic oxidation sites excluding steroid dienone is 1. The molecule has 0 bridgehead atoms. The number of Topliss-reactive ketones (excluding diaryl/α,β-unsaturated/α-hetero) is 1. The topological polar surface area (TPSA) is 17.1 Å². The monoisotopic (exact) mass is 320 g/mol. The van der Waals surface area contributed by atoms with Crippen LogP contribution in [0.2, 0.25) is 0 Å². The molecule has 0 spiro atoms. The van der Waals surface area contributed by atoms with Crippen molar-refractivity contribution < 1.29 is 9.18 Å². The highest BCUT2D eigenvalue weighted by Crippen LogP contribution is 2.17. The van der Waals surface area contributed by atoms with Gasteiger partial charge in [0.2, 0.25) is 0 Å². The van der Waals surface area contributed by atoms with Crippen LogP contribution in [-0.4, -0.2) is 5.78 Å². The second-order valence-electron chi connectivity index (χ2n) is 5.30. The van der Waals surface area contributed by atoms with Crippen LogP contribution in [-0.2, 0) is 0 Å². The van der Waals surface area contributed by atoms with Gasteiger partial charge < -0.3 is 0 Å². The van der Waals surface area contributed by atoms with Crippen molar-refractivity contribution in [3.05, 3.63) is 47.3 Å². The van der Waals surface area contributed by atoms with E-state index in [0.29, 0.717) is 12.0 Å². The first-order valence-electron chi connectivity index (χ1n) is 7.70. The van der Waals surface area contributed by atoms with E-state index in [2.05, 4.69) is 25.3 Å². The predicted molar refractivity (Wildman–Crippen MR) is 90.4 cm³/mol. The number of halogens is 2. The van der Waals surface area contributed by atoms with E-state index in [-0.39, 0.29) is 16.6 Å². The van der Waals surface area contributed by atoms with Crippen LogP contribution in [0.3, 0.4) is 0 Å². The normalized spacial score (nSPS) is 11.4. The predicted octanol–water partition coefficient (Wildman–Crippen LogP) is 5.74. The average Bonchev–Trinajstić information content (AvgIpc) is 2.50. The molecule has 0 aromatic heterocycles. The minimum atomic E-state index is -0.414. The third-order valence-corrected chi connectivity index (χ3v) is 3.52. The Labute approximate surface area is 137 Å². The fourth-order valence-corrected chi connectivity index (χ4v) is 2.26. The van der Waals surface area contributed by atoms with E-state index in [1.165, 1.54) is 43.5 Å². The second-order valence-corrected chi connectivity index (χ2v) is 5.76. The molecule has 0 aliphatic carbocycles. The van der Waals surface area contributed by atoms with Crippen LogP contribution in [0.5, 0.6) is 0 Å². The number of hydrogen-bond acceptors (Lipinski definition) is 1. The molecular weight excluding hydrogens is 299 g/mol. The number of benzene rings is 1. The summed E-state index contributed by atoms with van der Waals surface area (Å²) in [5.41, 5.74) is 0.481. The number of ketones is 1. The van der Waals surface area contributed by atoms with Crippen LogP contribution < -0.4 is 0 Å². The number of rotatable bonds is 8. The van der Waals surface area contributed by atoms with Gasteiger partial charge in [0.25, 0.3) is 0 Å². The summed E-state index contributed by atoms with van der Waals surface area (Å²) in [6.07, 6.45) is 6.29. The number of carbonyl (C=O) groups is 1. The van der Waals surface area contributed by atoms with E-state index >= 15 is 0 Å². The Balaban J connectivity index is 2.72. The summed E-state index contributed by atoms with van der Waals surface area (Å²) in [6.45, 7) is 5.69. The molecule has 0 saturated heterocycles. The molecule has 1 rings (SSSR count). The summed E-state index contributed by atoms with van der Waals surface area (Å²) < 4.78 is 13.0. The van der Waals surface area contributed by atoms with Gasteiger partial charge in [0.1, 0.15) is 5.82 Å². The molecule has 1 aromatic carbocycles. The Morgan fingerprint density at radius 3 is 2.45 bits per heavy atom. The van der Waals surface area contributed by atoms with Crippen molar-refractivity contribution in [1.82, 2.24) is 0 Å². The van der Waals surface area contributed by atoms with Gasteiger partial charge in [-0.25, -0.2) is 4.39 Å². The van der Waals surface area contributed by atoms with Gasteiger partial charge >= 0.3 is 0 Å². The molecule has 1 aromatic rings. The van der Waals surface area contributed by atoms with Gasteiger partial charge in [0.15, 0.2) is 5.78 Å². The Morgan fingerprint density at radius 2 is 1.86 bits per heavy atom. The fourth-order valence-electron chi connectivity index (χ4n) is 2.20. The molecule has 0 saturated carbocycles. The van der Waals surface area contributed by atoms with Crippen molar-refractivity contribution in [2.24, 2.45) is 5.92 Å². The zero-order chi connectivity index (χ0) is 16.4. The second kappa shape index (κ2) is 10.2. The van der Waals surface area contributed by atoms with E-state index in [9.17, 15) is 9.18 Å². The zero-order valence-corrected chi connectivity index (χ0v) is 13.8. The number of hydrogen-bond donors (Lipinski definition) is 0. The summed E-state index contributed by atoms with van der Waals surface area (Å²) in [7, 11) is 0. The smallest absolute Gasteiger partial charge is 0.177 e. The van der Waals surface area contributed by atoms with Gasteiger partial charge in [-0.15, -0.1) is 0 Å². The van der Waals surface area contributed by atoms with E-state index in [1.54, 1.807) is 0 Å². The maximum absolute atomic E-state index is 13.0. The lowest BCUT2D eigenvalue weighted by Gasteiger charge is -2.10. The lowest BCUT2D eigenvalue weighted by molar-refractivity contribution is 0.0943. The van der Waals surface area contributed by atoms with Gasteiger partial charge in [-0.1, -0.05) is 69.0 Å². The molecule has 0 amide bonds. The van der Waals surface area contributed by atoms with Gasteiger partial charge in [-0.05, 0) is 30.7 Å². The summed E-state index contributed by atoms with van der Waals surface area (Å²) in [5.74, 6) is 4.73. The van der Waals surface area contributed by atoms with Crippen molar-refractivity contribution in [1.29, 1.82) is 0 Å². The summed E-state index contributed by atoms with van der Waals surface area (Å²) in [4.78, 5) is 12.5. The molecule has 22 heavy (non-hydrogen) atoms. The molecule has 0 aliphatic rings. The molecule has 1 nitrogen and oxygen atoms in total. The highest BCUT2D eigenvalue weighted by Gasteiger charge is 2.17. The first-order chi connectivity index (χ1) is 10.5. The molecule has 0 aliphatic heterocycles. The Hall–Kier alpha value is -1.59. The zero-order valence-electron chi connectivity index (χ0n) is 13.0. The van der Waals surface area contributed by atoms with E-state index in [0.717, 1.165) is 12.8 Å². The Kier molecular flexibility index (Phi) is 8.55. The fraction of sp³-hybridized carbons (Fsp3) is 0.421. The molecule has 1 atom stereocenters. The van der Waals surface area contributed by atoms with Gasteiger partial charge in [-0.2, -0.15) is 0 Å². The van der Waals surface area contributed by atoms with Gasteiger partial charge in [-0.3, -0.25) is 4.79 Å². The Bertz CT molecular complexity index is 551. The van der Waals surface area contributed by atoms with E-state index in [4.69, 9.17) is 11.6 Å². The van der Waals surface area contributed by atoms with E-state index in [1.807, 2.05) is 0 Å². The number of unbranched alkanes of at least 4 members (excludes halogenated alkanes) is 4. The maximum Gasteiger partial charge on any atom is 0.177 e. The molecule has 1 unspecified atom stereocenters. The maximum atomic E-state index is 13.0. The molecular formula is C19H22ClFO. The summed E-state index contributed by atoms with van der Waals surface area (Å²) in [6, 6.07) is 5.58. The highest BCUT2D eigenvalue weighted by atomic mass is 35.5. The van der Waals surface area contributed by atoms with Crippen LogP contribution in [0.1, 0.15) is 55.8 Å². The van der Waals surface area contributed by atoms with Crippen LogP contribution in [0.4, 0.5) is 4.39 Å². The first kappa shape index (κ1) is 18.5. The molecule has 3 heteroatoms. The van der Waals surface area contributed by atoms with E-state index < -0.39 is 5.92 Å². The highest BCUT2D eigenvalue weighted by molar-refractivity contribution is 6.31. The number of carbonyl (C=O) groups excluding carboxylic acids is 1. The van der Waals surface area contributed by atoms with Crippen molar-refractivity contribution in [3.8, 4) is 11.8 Å². The van der Waals surface area contributed by atoms with Crippen molar-refractivity contribution >= 4 is 17.4 Å². The van der Waals surface area contributed by atoms with Crippen LogP contribution >= 0.6 is 11.6 Å². The minimum absolute atomic E-state index is 0.0825. The Morgan fingerprint density at radius 1 is 1.23 bits per heavy atom. The SMILES string of the molecule is C=C(Cl)C#CC(CCCCCCC)C(=O)c1ccc(F)cc1. The summed E-state index contributed by atoms with van der Waals surface area (Å²) >= 11 is 5.67. The van der Waals surface area contributed by atoms with Crippen LogP contribution in [0.25, 0.3) is 0 Å². The molecule has 118 valence electrons.